The third-order valence-corrected chi connectivity index (χ3v) is 3.73. The van der Waals surface area contributed by atoms with Crippen LogP contribution in [0.15, 0.2) is 34.2 Å². The van der Waals surface area contributed by atoms with E-state index in [1.807, 2.05) is 0 Å². The molecule has 0 unspecified atom stereocenters. The number of nitrogens with one attached hydrogen (secondary N) is 1. The Labute approximate surface area is 132 Å². The molecule has 1 amide bonds. The molecular formula is C13H9BrN2O4S. The maximum absolute atomic E-state index is 11.7. The number of ether oxygens (including phenoxy) is 1. The van der Waals surface area contributed by atoms with Gasteiger partial charge in [-0.3, -0.25) is 14.9 Å². The number of carbonyl (C=O) groups is 3. The fraction of sp³-hybridized carbons (Fsp3) is 0.0769. The van der Waals surface area contributed by atoms with Gasteiger partial charge in [0.2, 0.25) is 0 Å². The molecule has 2 rings (SSSR count). The molecule has 0 atom stereocenters. The first-order valence-corrected chi connectivity index (χ1v) is 7.33. The van der Waals surface area contributed by atoms with Gasteiger partial charge in [0.25, 0.3) is 5.91 Å². The van der Waals surface area contributed by atoms with E-state index in [-0.39, 0.29) is 5.56 Å². The van der Waals surface area contributed by atoms with Crippen LogP contribution in [0, 0.1) is 0 Å². The quantitative estimate of drug-likeness (QED) is 0.647. The average Bonchev–Trinajstić information content (AvgIpc) is 2.90. The average molecular weight is 369 g/mol. The number of nitrogens with zero attached hydrogens (tertiary/aromatic N) is 1. The van der Waals surface area contributed by atoms with Crippen LogP contribution in [0.1, 0.15) is 20.7 Å². The van der Waals surface area contributed by atoms with Crippen LogP contribution in [-0.4, -0.2) is 29.8 Å². The van der Waals surface area contributed by atoms with Gasteiger partial charge < -0.3 is 4.74 Å². The summed E-state index contributed by atoms with van der Waals surface area (Å²) in [6.07, 6.45) is 2.23. The summed E-state index contributed by atoms with van der Waals surface area (Å²) in [5.41, 5.74) is 0.726. The molecule has 1 heterocycles. The molecule has 0 saturated heterocycles. The number of halogens is 1. The standard InChI is InChI=1S/C13H9BrN2O4S/c14-10-5-15-13(21-10)16-11(18)7-20-12(19)9-3-1-8(6-17)2-4-9/h1-6H,7H2,(H,15,16,18). The zero-order chi connectivity index (χ0) is 15.2. The Kier molecular flexibility index (Phi) is 5.18. The molecule has 0 spiro atoms. The van der Waals surface area contributed by atoms with Crippen molar-refractivity contribution in [2.75, 3.05) is 11.9 Å². The Morgan fingerprint density at radius 2 is 2.05 bits per heavy atom. The molecule has 1 N–H and O–H groups in total. The number of thiazole rings is 1. The van der Waals surface area contributed by atoms with Gasteiger partial charge in [0.15, 0.2) is 11.7 Å². The Bertz CT molecular complexity index is 669. The number of aromatic nitrogens is 1. The molecule has 108 valence electrons. The molecule has 1 aromatic heterocycles. The van der Waals surface area contributed by atoms with Crippen molar-refractivity contribution in [2.45, 2.75) is 0 Å². The highest BCUT2D eigenvalue weighted by atomic mass is 79.9. The molecule has 21 heavy (non-hydrogen) atoms. The van der Waals surface area contributed by atoms with Crippen LogP contribution >= 0.6 is 27.3 Å². The van der Waals surface area contributed by atoms with E-state index in [0.717, 1.165) is 3.79 Å². The van der Waals surface area contributed by atoms with E-state index in [0.29, 0.717) is 17.0 Å². The number of amides is 1. The first kappa shape index (κ1) is 15.3. The molecule has 0 aliphatic rings. The first-order chi connectivity index (χ1) is 10.1. The van der Waals surface area contributed by atoms with Gasteiger partial charge in [0.1, 0.15) is 6.29 Å². The van der Waals surface area contributed by atoms with Crippen molar-refractivity contribution >= 4 is 50.6 Å². The normalized spacial score (nSPS) is 9.95. The van der Waals surface area contributed by atoms with Crippen LogP contribution in [0.25, 0.3) is 0 Å². The minimum Gasteiger partial charge on any atom is -0.452 e. The molecule has 8 heteroatoms. The minimum absolute atomic E-state index is 0.269. The van der Waals surface area contributed by atoms with E-state index in [4.69, 9.17) is 4.74 Å². The van der Waals surface area contributed by atoms with Crippen molar-refractivity contribution < 1.29 is 19.1 Å². The van der Waals surface area contributed by atoms with Gasteiger partial charge in [-0.15, -0.1) is 0 Å². The third kappa shape index (κ3) is 4.47. The molecular weight excluding hydrogens is 360 g/mol. The number of aldehydes is 1. The lowest BCUT2D eigenvalue weighted by Crippen LogP contribution is -2.20. The Balaban J connectivity index is 1.85. The Hall–Kier alpha value is -2.06. The fourth-order valence-corrected chi connectivity index (χ4v) is 2.50. The van der Waals surface area contributed by atoms with Gasteiger partial charge in [-0.05, 0) is 28.1 Å². The van der Waals surface area contributed by atoms with E-state index in [2.05, 4.69) is 26.2 Å². The SMILES string of the molecule is O=Cc1ccc(C(=O)OCC(=O)Nc2ncc(Br)s2)cc1. The van der Waals surface area contributed by atoms with E-state index in [1.165, 1.54) is 35.6 Å². The minimum atomic E-state index is -0.636. The summed E-state index contributed by atoms with van der Waals surface area (Å²) in [6.45, 7) is -0.411. The number of rotatable bonds is 5. The van der Waals surface area contributed by atoms with Crippen LogP contribution < -0.4 is 5.32 Å². The van der Waals surface area contributed by atoms with Gasteiger partial charge in [-0.25, -0.2) is 9.78 Å². The molecule has 6 nitrogen and oxygen atoms in total. The van der Waals surface area contributed by atoms with Crippen molar-refractivity contribution in [1.29, 1.82) is 0 Å². The van der Waals surface area contributed by atoms with Gasteiger partial charge in [-0.2, -0.15) is 0 Å². The van der Waals surface area contributed by atoms with Gasteiger partial charge in [0.05, 0.1) is 15.5 Å². The third-order valence-electron chi connectivity index (χ3n) is 2.34. The number of carbonyl (C=O) groups excluding carboxylic acids is 3. The van der Waals surface area contributed by atoms with E-state index >= 15 is 0 Å². The van der Waals surface area contributed by atoms with Crippen LogP contribution in [0.5, 0.6) is 0 Å². The van der Waals surface area contributed by atoms with Crippen molar-refractivity contribution in [3.05, 3.63) is 45.4 Å². The maximum atomic E-state index is 11.7. The highest BCUT2D eigenvalue weighted by Crippen LogP contribution is 2.22. The summed E-state index contributed by atoms with van der Waals surface area (Å²) in [5, 5.41) is 2.92. The summed E-state index contributed by atoms with van der Waals surface area (Å²) >= 11 is 4.47. The van der Waals surface area contributed by atoms with Crippen LogP contribution in [-0.2, 0) is 9.53 Å². The predicted octanol–water partition coefficient (Wildman–Crippen LogP) is 2.51. The molecule has 2 aromatic rings. The summed E-state index contributed by atoms with van der Waals surface area (Å²) < 4.78 is 5.65. The van der Waals surface area contributed by atoms with Crippen molar-refractivity contribution in [2.24, 2.45) is 0 Å². The largest absolute Gasteiger partial charge is 0.452 e. The maximum Gasteiger partial charge on any atom is 0.338 e. The van der Waals surface area contributed by atoms with Crippen LogP contribution in [0.2, 0.25) is 0 Å². The molecule has 0 saturated carbocycles. The van der Waals surface area contributed by atoms with E-state index in [9.17, 15) is 14.4 Å². The molecule has 0 radical (unpaired) electrons. The zero-order valence-electron chi connectivity index (χ0n) is 10.5. The molecule has 0 aliphatic carbocycles. The van der Waals surface area contributed by atoms with Gasteiger partial charge in [0, 0.05) is 5.56 Å². The number of anilines is 1. The van der Waals surface area contributed by atoms with E-state index < -0.39 is 18.5 Å². The predicted molar refractivity (Wildman–Crippen MR) is 80.6 cm³/mol. The second kappa shape index (κ2) is 7.09. The van der Waals surface area contributed by atoms with Crippen LogP contribution in [0.4, 0.5) is 5.13 Å². The Morgan fingerprint density at radius 3 is 2.62 bits per heavy atom. The Morgan fingerprint density at radius 1 is 1.33 bits per heavy atom. The van der Waals surface area contributed by atoms with E-state index in [1.54, 1.807) is 6.20 Å². The molecule has 0 aliphatic heterocycles. The van der Waals surface area contributed by atoms with Crippen molar-refractivity contribution in [3.8, 4) is 0 Å². The number of esters is 1. The second-order valence-corrected chi connectivity index (χ2v) is 6.24. The number of hydrogen-bond acceptors (Lipinski definition) is 6. The summed E-state index contributed by atoms with van der Waals surface area (Å²) in [4.78, 5) is 37.7. The highest BCUT2D eigenvalue weighted by Gasteiger charge is 2.11. The monoisotopic (exact) mass is 368 g/mol. The second-order valence-electron chi connectivity index (χ2n) is 3.83. The topological polar surface area (TPSA) is 85.4 Å². The first-order valence-electron chi connectivity index (χ1n) is 5.72. The van der Waals surface area contributed by atoms with Gasteiger partial charge in [-0.1, -0.05) is 23.5 Å². The lowest BCUT2D eigenvalue weighted by Gasteiger charge is -2.04. The lowest BCUT2D eigenvalue weighted by molar-refractivity contribution is -0.119. The fourth-order valence-electron chi connectivity index (χ4n) is 1.38. The van der Waals surface area contributed by atoms with Gasteiger partial charge >= 0.3 is 5.97 Å². The summed E-state index contributed by atoms with van der Waals surface area (Å²) in [6, 6.07) is 5.91. The van der Waals surface area contributed by atoms with Crippen molar-refractivity contribution in [3.63, 3.8) is 0 Å². The molecule has 1 aromatic carbocycles. The molecule has 0 bridgehead atoms. The van der Waals surface area contributed by atoms with Crippen molar-refractivity contribution in [1.82, 2.24) is 4.98 Å². The summed E-state index contributed by atoms with van der Waals surface area (Å²) in [5.74, 6) is -1.11. The zero-order valence-corrected chi connectivity index (χ0v) is 12.9. The lowest BCUT2D eigenvalue weighted by atomic mass is 10.1. The number of benzene rings is 1. The smallest absolute Gasteiger partial charge is 0.338 e. The molecule has 0 fully saturated rings. The van der Waals surface area contributed by atoms with Crippen LogP contribution in [0.3, 0.4) is 0 Å². The highest BCUT2D eigenvalue weighted by molar-refractivity contribution is 9.11. The summed E-state index contributed by atoms with van der Waals surface area (Å²) in [7, 11) is 0. The number of hydrogen-bond donors (Lipinski definition) is 1.